The molecular weight excluding hydrogens is 490 g/mol. The van der Waals surface area contributed by atoms with Gasteiger partial charge in [-0.1, -0.05) is 42.8 Å². The molecule has 0 spiro atoms. The number of benzene rings is 2. The van der Waals surface area contributed by atoms with Crippen LogP contribution < -0.4 is 14.4 Å². The van der Waals surface area contributed by atoms with Crippen molar-refractivity contribution in [1.82, 2.24) is 10.2 Å². The van der Waals surface area contributed by atoms with Crippen LogP contribution in [0.5, 0.6) is 5.75 Å². The second-order valence-corrected chi connectivity index (χ2v) is 10.7. The van der Waals surface area contributed by atoms with E-state index >= 15 is 0 Å². The van der Waals surface area contributed by atoms with Crippen molar-refractivity contribution in [2.24, 2.45) is 0 Å². The lowest BCUT2D eigenvalue weighted by Crippen LogP contribution is -2.52. The minimum Gasteiger partial charge on any atom is -0.492 e. The number of hydrogen-bond donors (Lipinski definition) is 1. The van der Waals surface area contributed by atoms with Crippen LogP contribution in [-0.4, -0.2) is 56.6 Å². The summed E-state index contributed by atoms with van der Waals surface area (Å²) >= 11 is 5.99. The summed E-state index contributed by atoms with van der Waals surface area (Å²) in [4.78, 5) is 27.9. The standard InChI is InChI=1S/C25H34ClN3O5S/c1-6-18(3)27-25(31)19(4)28(16-20-12-14-21(26)15-13-20)24(30)17-29(35(5,32)33)22-10-8-9-11-23(22)34-7-2/h8-15,18-19H,6-7,16-17H2,1-5H3,(H,27,31)/t18-,19+/m1/s1. The minimum atomic E-state index is -3.85. The molecule has 0 aliphatic rings. The molecule has 2 rings (SSSR count). The van der Waals surface area contributed by atoms with E-state index in [-0.39, 0.29) is 24.2 Å². The van der Waals surface area contributed by atoms with Crippen molar-refractivity contribution in [3.05, 3.63) is 59.1 Å². The number of halogens is 1. The third kappa shape index (κ3) is 8.14. The van der Waals surface area contributed by atoms with Gasteiger partial charge in [-0.3, -0.25) is 13.9 Å². The first-order valence-electron chi connectivity index (χ1n) is 11.5. The lowest BCUT2D eigenvalue weighted by atomic mass is 10.1. The van der Waals surface area contributed by atoms with Crippen molar-refractivity contribution in [2.75, 3.05) is 23.7 Å². The van der Waals surface area contributed by atoms with E-state index < -0.39 is 28.5 Å². The predicted molar refractivity (Wildman–Crippen MR) is 139 cm³/mol. The van der Waals surface area contributed by atoms with E-state index in [1.807, 2.05) is 13.8 Å². The van der Waals surface area contributed by atoms with E-state index in [0.29, 0.717) is 17.4 Å². The van der Waals surface area contributed by atoms with Crippen LogP contribution in [0.1, 0.15) is 39.7 Å². The highest BCUT2D eigenvalue weighted by Gasteiger charge is 2.31. The Morgan fingerprint density at radius 3 is 2.26 bits per heavy atom. The molecule has 10 heteroatoms. The highest BCUT2D eigenvalue weighted by atomic mass is 35.5. The molecule has 0 bridgehead atoms. The molecule has 0 saturated heterocycles. The van der Waals surface area contributed by atoms with Gasteiger partial charge >= 0.3 is 0 Å². The van der Waals surface area contributed by atoms with Gasteiger partial charge in [-0.05, 0) is 57.0 Å². The van der Waals surface area contributed by atoms with Crippen molar-refractivity contribution < 1.29 is 22.7 Å². The van der Waals surface area contributed by atoms with Crippen molar-refractivity contribution in [3.8, 4) is 5.75 Å². The van der Waals surface area contributed by atoms with Crippen LogP contribution in [0.15, 0.2) is 48.5 Å². The maximum absolute atomic E-state index is 13.6. The molecule has 35 heavy (non-hydrogen) atoms. The van der Waals surface area contributed by atoms with Gasteiger partial charge < -0.3 is 15.0 Å². The van der Waals surface area contributed by atoms with Gasteiger partial charge in [0, 0.05) is 17.6 Å². The smallest absolute Gasteiger partial charge is 0.244 e. The van der Waals surface area contributed by atoms with Crippen molar-refractivity contribution in [2.45, 2.75) is 52.7 Å². The Morgan fingerprint density at radius 2 is 1.69 bits per heavy atom. The molecule has 0 aliphatic carbocycles. The van der Waals surface area contributed by atoms with E-state index in [1.165, 1.54) is 4.90 Å². The van der Waals surface area contributed by atoms with Gasteiger partial charge in [0.1, 0.15) is 18.3 Å². The quantitative estimate of drug-likeness (QED) is 0.456. The average Bonchev–Trinajstić information content (AvgIpc) is 2.81. The van der Waals surface area contributed by atoms with E-state index in [9.17, 15) is 18.0 Å². The van der Waals surface area contributed by atoms with Crippen LogP contribution in [0.25, 0.3) is 0 Å². The summed E-state index contributed by atoms with van der Waals surface area (Å²) < 4.78 is 32.1. The molecule has 2 atom stereocenters. The van der Waals surface area contributed by atoms with Crippen LogP contribution in [0.3, 0.4) is 0 Å². The lowest BCUT2D eigenvalue weighted by molar-refractivity contribution is -0.139. The van der Waals surface area contributed by atoms with Gasteiger partial charge in [0.15, 0.2) is 0 Å². The van der Waals surface area contributed by atoms with Crippen LogP contribution in [0.2, 0.25) is 5.02 Å². The first kappa shape index (κ1) is 28.5. The molecule has 0 radical (unpaired) electrons. The molecule has 192 valence electrons. The first-order valence-corrected chi connectivity index (χ1v) is 13.7. The molecule has 0 saturated carbocycles. The molecule has 0 fully saturated rings. The third-order valence-corrected chi connectivity index (χ3v) is 6.93. The summed E-state index contributed by atoms with van der Waals surface area (Å²) in [6.07, 6.45) is 1.77. The zero-order chi connectivity index (χ0) is 26.2. The third-order valence-electron chi connectivity index (χ3n) is 5.55. The topological polar surface area (TPSA) is 96.0 Å². The molecule has 0 heterocycles. The number of sulfonamides is 1. The maximum Gasteiger partial charge on any atom is 0.244 e. The number of anilines is 1. The van der Waals surface area contributed by atoms with E-state index in [4.69, 9.17) is 16.3 Å². The summed E-state index contributed by atoms with van der Waals surface area (Å²) in [5, 5.41) is 3.44. The molecule has 0 unspecified atom stereocenters. The molecule has 2 aromatic rings. The number of rotatable bonds is 12. The SMILES string of the molecule is CCOc1ccccc1N(CC(=O)N(Cc1ccc(Cl)cc1)[C@@H](C)C(=O)N[C@H](C)CC)S(C)(=O)=O. The molecule has 2 amide bonds. The Morgan fingerprint density at radius 1 is 1.06 bits per heavy atom. The number of para-hydroxylation sites is 2. The van der Waals surface area contributed by atoms with Gasteiger partial charge in [-0.25, -0.2) is 8.42 Å². The summed E-state index contributed by atoms with van der Waals surface area (Å²) in [5.74, 6) is -0.495. The van der Waals surface area contributed by atoms with Crippen LogP contribution in [0, 0.1) is 0 Å². The predicted octanol–water partition coefficient (Wildman–Crippen LogP) is 3.84. The number of carbonyl (C=O) groups is 2. The first-order chi connectivity index (χ1) is 16.5. The Kier molecular flexibility index (Phi) is 10.4. The maximum atomic E-state index is 13.6. The largest absolute Gasteiger partial charge is 0.492 e. The second kappa shape index (κ2) is 12.8. The van der Waals surface area contributed by atoms with E-state index in [0.717, 1.165) is 22.5 Å². The van der Waals surface area contributed by atoms with E-state index in [2.05, 4.69) is 5.32 Å². The Balaban J connectivity index is 2.42. The van der Waals surface area contributed by atoms with Gasteiger partial charge in [0.25, 0.3) is 0 Å². The van der Waals surface area contributed by atoms with Crippen LogP contribution in [-0.2, 0) is 26.2 Å². The number of hydrogen-bond acceptors (Lipinski definition) is 5. The summed E-state index contributed by atoms with van der Waals surface area (Å²) in [6.45, 7) is 7.20. The van der Waals surface area contributed by atoms with Gasteiger partial charge in [0.05, 0.1) is 18.6 Å². The number of amides is 2. The molecule has 8 nitrogen and oxygen atoms in total. The summed E-state index contributed by atoms with van der Waals surface area (Å²) in [6, 6.07) is 12.7. The fraction of sp³-hybridized carbons (Fsp3) is 0.440. The molecule has 0 aromatic heterocycles. The zero-order valence-electron chi connectivity index (χ0n) is 20.8. The Labute approximate surface area is 213 Å². The number of nitrogens with one attached hydrogen (secondary N) is 1. The highest BCUT2D eigenvalue weighted by molar-refractivity contribution is 7.92. The summed E-state index contributed by atoms with van der Waals surface area (Å²) in [5.41, 5.74) is 1.01. The second-order valence-electron chi connectivity index (χ2n) is 8.31. The highest BCUT2D eigenvalue weighted by Crippen LogP contribution is 2.30. The Bertz CT molecular complexity index is 1110. The van der Waals surface area contributed by atoms with Gasteiger partial charge in [0.2, 0.25) is 21.8 Å². The summed E-state index contributed by atoms with van der Waals surface area (Å²) in [7, 11) is -3.85. The van der Waals surface area contributed by atoms with Crippen molar-refractivity contribution >= 4 is 39.1 Å². The van der Waals surface area contributed by atoms with Crippen molar-refractivity contribution in [3.63, 3.8) is 0 Å². The average molecular weight is 524 g/mol. The normalized spacial score (nSPS) is 13.0. The van der Waals surface area contributed by atoms with Gasteiger partial charge in [-0.2, -0.15) is 0 Å². The van der Waals surface area contributed by atoms with Crippen molar-refractivity contribution in [1.29, 1.82) is 0 Å². The molecular formula is C25H34ClN3O5S. The fourth-order valence-corrected chi connectivity index (χ4v) is 4.35. The fourth-order valence-electron chi connectivity index (χ4n) is 3.37. The molecule has 2 aromatic carbocycles. The monoisotopic (exact) mass is 523 g/mol. The lowest BCUT2D eigenvalue weighted by Gasteiger charge is -2.32. The van der Waals surface area contributed by atoms with E-state index in [1.54, 1.807) is 62.4 Å². The molecule has 0 aliphatic heterocycles. The van der Waals surface area contributed by atoms with Gasteiger partial charge in [-0.15, -0.1) is 0 Å². The number of carbonyl (C=O) groups excluding carboxylic acids is 2. The molecule has 1 N–H and O–H groups in total. The zero-order valence-corrected chi connectivity index (χ0v) is 22.4. The Hall–Kier alpha value is -2.78. The van der Waals surface area contributed by atoms with Crippen LogP contribution >= 0.6 is 11.6 Å². The number of ether oxygens (including phenoxy) is 1. The van der Waals surface area contributed by atoms with Crippen LogP contribution in [0.4, 0.5) is 5.69 Å². The number of nitrogens with zero attached hydrogens (tertiary/aromatic N) is 2. The minimum absolute atomic E-state index is 0.0666.